The molecule has 2 aliphatic heterocycles. The van der Waals surface area contributed by atoms with Crippen LogP contribution in [0.4, 0.5) is 4.79 Å². The molecule has 0 aliphatic carbocycles. The van der Waals surface area contributed by atoms with E-state index in [0.717, 1.165) is 71.2 Å². The van der Waals surface area contributed by atoms with Gasteiger partial charge in [-0.25, -0.2) is 4.79 Å². The van der Waals surface area contributed by atoms with Crippen molar-refractivity contribution in [2.24, 2.45) is 4.99 Å². The number of nitrogens with one attached hydrogen (secondary N) is 2. The van der Waals surface area contributed by atoms with Gasteiger partial charge in [0.2, 0.25) is 0 Å². The van der Waals surface area contributed by atoms with Gasteiger partial charge in [-0.15, -0.1) is 0 Å². The van der Waals surface area contributed by atoms with Crippen molar-refractivity contribution in [2.75, 3.05) is 52.5 Å². The highest BCUT2D eigenvalue weighted by molar-refractivity contribution is 5.80. The number of guanidine groups is 1. The highest BCUT2D eigenvalue weighted by atomic mass is 16.6. The van der Waals surface area contributed by atoms with Crippen LogP contribution in [-0.2, 0) is 9.47 Å². The zero-order valence-corrected chi connectivity index (χ0v) is 19.9. The van der Waals surface area contributed by atoms with Crippen molar-refractivity contribution < 1.29 is 14.3 Å². The predicted octanol–water partition coefficient (Wildman–Crippen LogP) is 2.44. The minimum atomic E-state index is -0.514. The normalized spacial score (nSPS) is 21.6. The van der Waals surface area contributed by atoms with Gasteiger partial charge in [-0.1, -0.05) is 13.8 Å². The minimum Gasteiger partial charge on any atom is -0.444 e. The zero-order chi connectivity index (χ0) is 22.2. The zero-order valence-electron chi connectivity index (χ0n) is 19.9. The number of amides is 1. The summed E-state index contributed by atoms with van der Waals surface area (Å²) in [7, 11) is 0. The second-order valence-electron chi connectivity index (χ2n) is 9.32. The maximum Gasteiger partial charge on any atom is 0.408 e. The fourth-order valence-electron chi connectivity index (χ4n) is 4.04. The van der Waals surface area contributed by atoms with Crippen LogP contribution in [0.2, 0.25) is 0 Å². The third-order valence-corrected chi connectivity index (χ3v) is 6.01. The molecule has 0 spiro atoms. The summed E-state index contributed by atoms with van der Waals surface area (Å²) in [6, 6.07) is 0.555. The number of hydrogen-bond acceptors (Lipinski definition) is 5. The van der Waals surface area contributed by atoms with Crippen molar-refractivity contribution in [1.82, 2.24) is 20.4 Å². The Morgan fingerprint density at radius 1 is 1.13 bits per heavy atom. The second kappa shape index (κ2) is 11.2. The first-order chi connectivity index (χ1) is 14.2. The summed E-state index contributed by atoms with van der Waals surface area (Å²) < 4.78 is 11.0. The first-order valence-corrected chi connectivity index (χ1v) is 11.6. The van der Waals surface area contributed by atoms with Crippen LogP contribution in [0, 0.1) is 0 Å². The molecule has 1 amide bonds. The quantitative estimate of drug-likeness (QED) is 0.482. The van der Waals surface area contributed by atoms with E-state index in [-0.39, 0.29) is 6.09 Å². The van der Waals surface area contributed by atoms with Gasteiger partial charge in [0.15, 0.2) is 5.96 Å². The second-order valence-corrected chi connectivity index (χ2v) is 9.32. The van der Waals surface area contributed by atoms with Crippen molar-refractivity contribution in [3.05, 3.63) is 0 Å². The lowest BCUT2D eigenvalue weighted by Gasteiger charge is -2.34. The van der Waals surface area contributed by atoms with E-state index in [1.807, 2.05) is 20.8 Å². The Morgan fingerprint density at radius 2 is 1.80 bits per heavy atom. The molecule has 0 saturated carbocycles. The SMILES string of the molecule is CCNC(=NCC(CC)(CC)NC(=O)OC(C)(C)C)N1CCC(N2CCOCC2)C1. The van der Waals surface area contributed by atoms with Crippen molar-refractivity contribution in [1.29, 1.82) is 0 Å². The van der Waals surface area contributed by atoms with Gasteiger partial charge in [0.1, 0.15) is 5.60 Å². The number of nitrogens with zero attached hydrogens (tertiary/aromatic N) is 3. The first-order valence-electron chi connectivity index (χ1n) is 11.6. The highest BCUT2D eigenvalue weighted by Crippen LogP contribution is 2.20. The van der Waals surface area contributed by atoms with Crippen LogP contribution in [0.3, 0.4) is 0 Å². The van der Waals surface area contributed by atoms with Crippen LogP contribution in [-0.4, -0.2) is 91.5 Å². The third-order valence-electron chi connectivity index (χ3n) is 6.01. The Morgan fingerprint density at radius 3 is 2.37 bits per heavy atom. The first kappa shape index (κ1) is 24.7. The number of likely N-dealkylation sites (tertiary alicyclic amines) is 1. The molecule has 1 atom stereocenters. The Labute approximate surface area is 182 Å². The van der Waals surface area contributed by atoms with E-state index in [2.05, 4.69) is 41.2 Å². The molecule has 0 bridgehead atoms. The smallest absolute Gasteiger partial charge is 0.408 e. The molecular formula is C22H43N5O3. The summed E-state index contributed by atoms with van der Waals surface area (Å²) in [5.74, 6) is 0.936. The molecule has 2 aliphatic rings. The third kappa shape index (κ3) is 7.30. The lowest BCUT2D eigenvalue weighted by Crippen LogP contribution is -2.52. The fourth-order valence-corrected chi connectivity index (χ4v) is 4.04. The van der Waals surface area contributed by atoms with Gasteiger partial charge in [-0.05, 0) is 47.0 Å². The molecular weight excluding hydrogens is 382 g/mol. The maximum atomic E-state index is 12.4. The van der Waals surface area contributed by atoms with Gasteiger partial charge >= 0.3 is 6.09 Å². The molecule has 0 radical (unpaired) electrons. The average Bonchev–Trinajstić information content (AvgIpc) is 3.19. The number of alkyl carbamates (subject to hydrolysis) is 1. The number of morpholine rings is 1. The summed E-state index contributed by atoms with van der Waals surface area (Å²) in [5, 5.41) is 6.55. The van der Waals surface area contributed by atoms with Crippen LogP contribution in [0.5, 0.6) is 0 Å². The topological polar surface area (TPSA) is 78.4 Å². The number of hydrogen-bond donors (Lipinski definition) is 2. The Bertz CT molecular complexity index is 566. The molecule has 2 fully saturated rings. The molecule has 0 aromatic heterocycles. The van der Waals surface area contributed by atoms with Crippen LogP contribution < -0.4 is 10.6 Å². The summed E-state index contributed by atoms with van der Waals surface area (Å²) in [6.45, 7) is 18.9. The molecule has 2 N–H and O–H groups in total. The predicted molar refractivity (Wildman–Crippen MR) is 121 cm³/mol. The van der Waals surface area contributed by atoms with Gasteiger partial charge in [0.25, 0.3) is 0 Å². The van der Waals surface area contributed by atoms with Gasteiger partial charge in [-0.2, -0.15) is 0 Å². The van der Waals surface area contributed by atoms with Crippen LogP contribution >= 0.6 is 0 Å². The van der Waals surface area contributed by atoms with E-state index in [4.69, 9.17) is 14.5 Å². The van der Waals surface area contributed by atoms with Gasteiger partial charge < -0.3 is 25.0 Å². The summed E-state index contributed by atoms with van der Waals surface area (Å²) >= 11 is 0. The molecule has 0 aromatic carbocycles. The van der Waals surface area contributed by atoms with Crippen molar-refractivity contribution >= 4 is 12.1 Å². The lowest BCUT2D eigenvalue weighted by atomic mass is 9.93. The van der Waals surface area contributed by atoms with Crippen LogP contribution in [0.1, 0.15) is 60.8 Å². The van der Waals surface area contributed by atoms with E-state index in [0.29, 0.717) is 12.6 Å². The van der Waals surface area contributed by atoms with Gasteiger partial charge in [0.05, 0.1) is 25.3 Å². The highest BCUT2D eigenvalue weighted by Gasteiger charge is 2.33. The lowest BCUT2D eigenvalue weighted by molar-refractivity contribution is 0.0194. The number of carbonyl (C=O) groups is 1. The van der Waals surface area contributed by atoms with E-state index < -0.39 is 11.1 Å². The molecule has 2 heterocycles. The van der Waals surface area contributed by atoms with Gasteiger partial charge in [0, 0.05) is 38.8 Å². The standard InChI is InChI=1S/C22H43N5O3/c1-7-22(8-2,25-20(28)30-21(4,5)6)17-24-19(23-9-3)27-11-10-18(16-27)26-12-14-29-15-13-26/h18H,7-17H2,1-6H3,(H,23,24)(H,25,28). The van der Waals surface area contributed by atoms with E-state index in [1.54, 1.807) is 0 Å². The number of aliphatic imine (C=N–C) groups is 1. The van der Waals surface area contributed by atoms with Crippen LogP contribution in [0.25, 0.3) is 0 Å². The van der Waals surface area contributed by atoms with Gasteiger partial charge in [-0.3, -0.25) is 9.89 Å². The summed E-state index contributed by atoms with van der Waals surface area (Å²) in [6.07, 6.45) is 2.36. The molecule has 8 heteroatoms. The maximum absolute atomic E-state index is 12.4. The molecule has 174 valence electrons. The summed E-state index contributed by atoms with van der Waals surface area (Å²) in [4.78, 5) is 22.3. The molecule has 0 aromatic rings. The minimum absolute atomic E-state index is 0.375. The fraction of sp³-hybridized carbons (Fsp3) is 0.909. The number of ether oxygens (including phenoxy) is 2. The Hall–Kier alpha value is -1.54. The van der Waals surface area contributed by atoms with E-state index in [1.165, 1.54) is 0 Å². The monoisotopic (exact) mass is 425 g/mol. The molecule has 2 saturated heterocycles. The summed E-state index contributed by atoms with van der Waals surface area (Å²) in [5.41, 5.74) is -0.925. The van der Waals surface area contributed by atoms with Crippen molar-refractivity contribution in [3.63, 3.8) is 0 Å². The molecule has 30 heavy (non-hydrogen) atoms. The number of carbonyl (C=O) groups excluding carboxylic acids is 1. The number of rotatable bonds is 7. The molecule has 8 nitrogen and oxygen atoms in total. The van der Waals surface area contributed by atoms with E-state index >= 15 is 0 Å². The van der Waals surface area contributed by atoms with Crippen LogP contribution in [0.15, 0.2) is 4.99 Å². The van der Waals surface area contributed by atoms with E-state index in [9.17, 15) is 4.79 Å². The Balaban J connectivity index is 2.04. The molecule has 2 rings (SSSR count). The van der Waals surface area contributed by atoms with Crippen molar-refractivity contribution in [3.8, 4) is 0 Å². The Kier molecular flexibility index (Phi) is 9.22. The largest absolute Gasteiger partial charge is 0.444 e. The average molecular weight is 426 g/mol. The van der Waals surface area contributed by atoms with Crippen molar-refractivity contribution in [2.45, 2.75) is 78.0 Å². The molecule has 1 unspecified atom stereocenters.